The zero-order valence-electron chi connectivity index (χ0n) is 13.4. The molecule has 0 aromatic heterocycles. The second-order valence-corrected chi connectivity index (χ2v) is 6.36. The Morgan fingerprint density at radius 1 is 0.917 bits per heavy atom. The molecule has 1 aliphatic heterocycles. The van der Waals surface area contributed by atoms with E-state index in [0.29, 0.717) is 6.42 Å². The molecule has 2 aromatic carbocycles. The molecule has 5 nitrogen and oxygen atoms in total. The monoisotopic (exact) mass is 321 g/mol. The molecule has 0 saturated carbocycles. The molecule has 1 fully saturated rings. The molecule has 3 N–H and O–H groups in total. The van der Waals surface area contributed by atoms with E-state index in [1.807, 2.05) is 24.3 Å². The van der Waals surface area contributed by atoms with Crippen molar-refractivity contribution in [1.82, 2.24) is 16.2 Å². The summed E-state index contributed by atoms with van der Waals surface area (Å²) >= 11 is 0. The minimum Gasteiger partial charge on any atom is -0.344 e. The van der Waals surface area contributed by atoms with Crippen LogP contribution in [0.4, 0.5) is 0 Å². The quantitative estimate of drug-likeness (QED) is 0.805. The van der Waals surface area contributed by atoms with E-state index in [9.17, 15) is 9.59 Å². The van der Waals surface area contributed by atoms with Gasteiger partial charge >= 0.3 is 0 Å². The molecular weight excluding hydrogens is 302 g/mol. The number of carbonyl (C=O) groups is 2. The minimum atomic E-state index is -0.404. The van der Waals surface area contributed by atoms with Gasteiger partial charge in [-0.3, -0.25) is 9.59 Å². The average Bonchev–Trinajstić information content (AvgIpc) is 3.20. The summed E-state index contributed by atoms with van der Waals surface area (Å²) in [5.74, 6) is -0.0582. The summed E-state index contributed by atoms with van der Waals surface area (Å²) in [6.07, 6.45) is 0.469. The first-order chi connectivity index (χ1) is 11.6. The van der Waals surface area contributed by atoms with Crippen LogP contribution in [0.1, 0.15) is 30.5 Å². The van der Waals surface area contributed by atoms with E-state index in [1.165, 1.54) is 6.92 Å². The Balaban J connectivity index is 1.59. The molecule has 1 aliphatic carbocycles. The van der Waals surface area contributed by atoms with Crippen LogP contribution in [0.2, 0.25) is 0 Å². The highest BCUT2D eigenvalue weighted by Gasteiger charge is 2.35. The Hall–Kier alpha value is -2.50. The molecular formula is C19H19N3O2. The van der Waals surface area contributed by atoms with Gasteiger partial charge in [0.05, 0.1) is 12.1 Å². The number of hydrazine groups is 1. The Labute approximate surface area is 140 Å². The molecule has 2 aromatic rings. The van der Waals surface area contributed by atoms with Crippen molar-refractivity contribution >= 4 is 11.7 Å². The molecule has 24 heavy (non-hydrogen) atoms. The van der Waals surface area contributed by atoms with Gasteiger partial charge in [-0.25, -0.2) is 10.9 Å². The molecule has 4 rings (SSSR count). The Kier molecular flexibility index (Phi) is 3.67. The number of nitrogens with one attached hydrogen (secondary N) is 3. The van der Waals surface area contributed by atoms with E-state index >= 15 is 0 Å². The molecule has 5 heteroatoms. The van der Waals surface area contributed by atoms with Crippen molar-refractivity contribution in [1.29, 1.82) is 0 Å². The van der Waals surface area contributed by atoms with Gasteiger partial charge in [0.25, 0.3) is 0 Å². The maximum absolute atomic E-state index is 12.7. The van der Waals surface area contributed by atoms with Gasteiger partial charge in [-0.05, 0) is 35.6 Å². The summed E-state index contributed by atoms with van der Waals surface area (Å²) in [7, 11) is 0. The van der Waals surface area contributed by atoms with Crippen LogP contribution in [0.15, 0.2) is 48.5 Å². The van der Waals surface area contributed by atoms with Crippen LogP contribution in [0.3, 0.4) is 0 Å². The summed E-state index contributed by atoms with van der Waals surface area (Å²) in [6.45, 7) is 1.53. The predicted octanol–water partition coefficient (Wildman–Crippen LogP) is 1.70. The van der Waals surface area contributed by atoms with E-state index in [-0.39, 0.29) is 23.8 Å². The minimum absolute atomic E-state index is 0.0364. The van der Waals surface area contributed by atoms with Crippen LogP contribution in [-0.2, 0) is 9.59 Å². The number of hydrogen-bond acceptors (Lipinski definition) is 4. The second-order valence-electron chi connectivity index (χ2n) is 6.36. The Morgan fingerprint density at radius 2 is 1.46 bits per heavy atom. The summed E-state index contributed by atoms with van der Waals surface area (Å²) in [5.41, 5.74) is 10.4. The zero-order chi connectivity index (χ0) is 16.7. The number of carbonyl (C=O) groups excluding carboxylic acids is 2. The van der Waals surface area contributed by atoms with E-state index < -0.39 is 6.04 Å². The summed E-state index contributed by atoms with van der Waals surface area (Å²) in [5, 5.41) is 3.14. The second kappa shape index (κ2) is 5.85. The van der Waals surface area contributed by atoms with Gasteiger partial charge in [-0.15, -0.1) is 0 Å². The summed E-state index contributed by atoms with van der Waals surface area (Å²) in [6, 6.07) is 15.4. The first-order valence-corrected chi connectivity index (χ1v) is 8.15. The van der Waals surface area contributed by atoms with E-state index in [1.54, 1.807) is 0 Å². The highest BCUT2D eigenvalue weighted by molar-refractivity contribution is 5.88. The molecule has 1 amide bonds. The van der Waals surface area contributed by atoms with Crippen molar-refractivity contribution in [3.63, 3.8) is 0 Å². The maximum Gasteiger partial charge on any atom is 0.239 e. The van der Waals surface area contributed by atoms with Crippen LogP contribution >= 0.6 is 0 Å². The standard InChI is InChI=1S/C19H19N3O2/c1-11(23)16-10-17(22-21-16)19(24)20-18-14-8-4-2-6-12(14)13-7-3-5-9-15(13)18/h2-9,16-18,21-22H,10H2,1H3,(H,20,24). The SMILES string of the molecule is CC(=O)C1CC(C(=O)NC2c3ccccc3-c3ccccc32)NN1. The molecule has 0 radical (unpaired) electrons. The van der Waals surface area contributed by atoms with Gasteiger partial charge in [-0.1, -0.05) is 48.5 Å². The van der Waals surface area contributed by atoms with Crippen LogP contribution in [0.5, 0.6) is 0 Å². The van der Waals surface area contributed by atoms with Gasteiger partial charge in [0.2, 0.25) is 5.91 Å². The summed E-state index contributed by atoms with van der Waals surface area (Å²) < 4.78 is 0. The fraction of sp³-hybridized carbons (Fsp3) is 0.263. The number of rotatable bonds is 3. The molecule has 2 aliphatic rings. The van der Waals surface area contributed by atoms with Crippen LogP contribution in [0, 0.1) is 0 Å². The normalized spacial score (nSPS) is 22.0. The fourth-order valence-corrected chi connectivity index (χ4v) is 3.55. The molecule has 2 unspecified atom stereocenters. The predicted molar refractivity (Wildman–Crippen MR) is 91.0 cm³/mol. The van der Waals surface area contributed by atoms with Gasteiger partial charge in [-0.2, -0.15) is 0 Å². The van der Waals surface area contributed by atoms with Gasteiger partial charge in [0.15, 0.2) is 0 Å². The number of amides is 1. The maximum atomic E-state index is 12.7. The van der Waals surface area contributed by atoms with Gasteiger partial charge in [0, 0.05) is 0 Å². The van der Waals surface area contributed by atoms with E-state index in [0.717, 1.165) is 22.3 Å². The number of fused-ring (bicyclic) bond motifs is 3. The molecule has 2 atom stereocenters. The smallest absolute Gasteiger partial charge is 0.239 e. The van der Waals surface area contributed by atoms with E-state index in [2.05, 4.69) is 40.4 Å². The number of hydrogen-bond donors (Lipinski definition) is 3. The number of benzene rings is 2. The van der Waals surface area contributed by atoms with Crippen LogP contribution in [0.25, 0.3) is 11.1 Å². The highest BCUT2D eigenvalue weighted by atomic mass is 16.2. The molecule has 122 valence electrons. The topological polar surface area (TPSA) is 70.2 Å². The lowest BCUT2D eigenvalue weighted by Crippen LogP contribution is -2.44. The largest absolute Gasteiger partial charge is 0.344 e. The number of Topliss-reactive ketones (excluding diaryl/α,β-unsaturated/α-hetero) is 1. The van der Waals surface area contributed by atoms with E-state index in [4.69, 9.17) is 0 Å². The fourth-order valence-electron chi connectivity index (χ4n) is 3.55. The van der Waals surface area contributed by atoms with Gasteiger partial charge in [0.1, 0.15) is 11.8 Å². The van der Waals surface area contributed by atoms with Crippen molar-refractivity contribution < 1.29 is 9.59 Å². The third-order valence-corrected chi connectivity index (χ3v) is 4.83. The van der Waals surface area contributed by atoms with Crippen LogP contribution in [-0.4, -0.2) is 23.8 Å². The first-order valence-electron chi connectivity index (χ1n) is 8.15. The lowest BCUT2D eigenvalue weighted by atomic mass is 10.0. The molecule has 1 saturated heterocycles. The third-order valence-electron chi connectivity index (χ3n) is 4.83. The van der Waals surface area contributed by atoms with Crippen molar-refractivity contribution in [2.45, 2.75) is 31.5 Å². The first kappa shape index (κ1) is 15.1. The Morgan fingerprint density at radius 3 is 2.00 bits per heavy atom. The van der Waals surface area contributed by atoms with Crippen LogP contribution < -0.4 is 16.2 Å². The lowest BCUT2D eigenvalue weighted by molar-refractivity contribution is -0.123. The molecule has 0 bridgehead atoms. The zero-order valence-corrected chi connectivity index (χ0v) is 13.4. The summed E-state index contributed by atoms with van der Waals surface area (Å²) in [4.78, 5) is 24.1. The number of ketones is 1. The average molecular weight is 321 g/mol. The Bertz CT molecular complexity index is 772. The van der Waals surface area contributed by atoms with Crippen molar-refractivity contribution in [3.05, 3.63) is 59.7 Å². The van der Waals surface area contributed by atoms with Gasteiger partial charge < -0.3 is 5.32 Å². The highest BCUT2D eigenvalue weighted by Crippen LogP contribution is 2.43. The lowest BCUT2D eigenvalue weighted by Gasteiger charge is -2.18. The third kappa shape index (κ3) is 2.42. The molecule has 1 heterocycles. The van der Waals surface area contributed by atoms with Crippen molar-refractivity contribution in [2.75, 3.05) is 0 Å². The van der Waals surface area contributed by atoms with Crippen molar-refractivity contribution in [2.24, 2.45) is 0 Å². The molecule has 0 spiro atoms. The van der Waals surface area contributed by atoms with Crippen molar-refractivity contribution in [3.8, 4) is 11.1 Å².